The zero-order valence-corrected chi connectivity index (χ0v) is 25.7. The number of anilines is 3. The molecule has 4 heterocycles. The maximum atomic E-state index is 12.7. The molecule has 0 aliphatic carbocycles. The number of piperidine rings is 1. The molecule has 1 fully saturated rings. The number of alkyl halides is 3. The normalized spacial score (nSPS) is 15.6. The van der Waals surface area contributed by atoms with Gasteiger partial charge in [-0.3, -0.25) is 4.79 Å². The van der Waals surface area contributed by atoms with E-state index in [9.17, 15) is 32.3 Å². The summed E-state index contributed by atoms with van der Waals surface area (Å²) in [6, 6.07) is 2.44. The molecule has 46 heavy (non-hydrogen) atoms. The lowest BCUT2D eigenvalue weighted by molar-refractivity contribution is -0.202. The molecule has 0 saturated carbocycles. The van der Waals surface area contributed by atoms with E-state index in [0.29, 0.717) is 30.3 Å². The number of amides is 1. The summed E-state index contributed by atoms with van der Waals surface area (Å²) in [5, 5.41) is 8.28. The molecule has 250 valence electrons. The van der Waals surface area contributed by atoms with Gasteiger partial charge in [0.2, 0.25) is 0 Å². The molecule has 17 heteroatoms. The van der Waals surface area contributed by atoms with Gasteiger partial charge in [0, 0.05) is 43.4 Å². The average molecular weight is 652 g/mol. The molecule has 0 unspecified atom stereocenters. The Morgan fingerprint density at radius 1 is 1.11 bits per heavy atom. The second-order valence-electron chi connectivity index (χ2n) is 10.8. The van der Waals surface area contributed by atoms with Crippen LogP contribution in [-0.4, -0.2) is 91.1 Å². The zero-order chi connectivity index (χ0) is 33.4. The molecule has 2 aliphatic heterocycles. The molecule has 4 rings (SSSR count). The third-order valence-electron chi connectivity index (χ3n) is 7.60. The highest BCUT2D eigenvalue weighted by molar-refractivity contribution is 5.92. The van der Waals surface area contributed by atoms with Crippen molar-refractivity contribution in [3.8, 4) is 0 Å². The van der Waals surface area contributed by atoms with E-state index < -0.39 is 49.4 Å². The van der Waals surface area contributed by atoms with Crippen LogP contribution in [0.25, 0.3) is 0 Å². The fourth-order valence-electron chi connectivity index (χ4n) is 5.18. The highest BCUT2D eigenvalue weighted by atomic mass is 19.4. The Morgan fingerprint density at radius 2 is 1.85 bits per heavy atom. The summed E-state index contributed by atoms with van der Waals surface area (Å²) < 4.78 is 51.4. The number of alkyl carbamates (subject to hydrolysis) is 1. The van der Waals surface area contributed by atoms with Crippen molar-refractivity contribution in [1.29, 1.82) is 0 Å². The van der Waals surface area contributed by atoms with E-state index in [1.807, 2.05) is 0 Å². The van der Waals surface area contributed by atoms with Crippen LogP contribution >= 0.6 is 0 Å². The topological polar surface area (TPSA) is 174 Å². The third-order valence-corrected chi connectivity index (χ3v) is 7.60. The number of nitrogens with zero attached hydrogens (tertiary/aromatic N) is 4. The first-order valence-corrected chi connectivity index (χ1v) is 14.8. The van der Waals surface area contributed by atoms with E-state index >= 15 is 0 Å². The molecule has 2 aliphatic rings. The number of halogens is 3. The van der Waals surface area contributed by atoms with Gasteiger partial charge in [0.05, 0.1) is 13.5 Å². The second-order valence-corrected chi connectivity index (χ2v) is 10.8. The van der Waals surface area contributed by atoms with Crippen LogP contribution in [-0.2, 0) is 35.0 Å². The first-order chi connectivity index (χ1) is 21.8. The van der Waals surface area contributed by atoms with Crippen LogP contribution in [0.3, 0.4) is 0 Å². The molecule has 1 saturated heterocycles. The highest BCUT2D eigenvalue weighted by Crippen LogP contribution is 2.33. The first-order valence-electron chi connectivity index (χ1n) is 14.8. The van der Waals surface area contributed by atoms with Crippen molar-refractivity contribution in [3.63, 3.8) is 0 Å². The Bertz CT molecular complexity index is 1450. The quantitative estimate of drug-likeness (QED) is 0.195. The SMILES string of the molecule is COC(=O)CCOC(=O)N[C@@H](CNc1nc(C)nc(N2CCC(c3ccc4c(n3)NCCC4)CC2)c1C)C(=O)OC(=O)C(F)(F)F. The first kappa shape index (κ1) is 34.2. The van der Waals surface area contributed by atoms with Crippen molar-refractivity contribution in [2.24, 2.45) is 0 Å². The summed E-state index contributed by atoms with van der Waals surface area (Å²) in [4.78, 5) is 63.2. The number of hydrogen-bond acceptors (Lipinski definition) is 13. The number of methoxy groups -OCH3 is 1. The fourth-order valence-corrected chi connectivity index (χ4v) is 5.18. The highest BCUT2D eigenvalue weighted by Gasteiger charge is 2.43. The second kappa shape index (κ2) is 15.1. The summed E-state index contributed by atoms with van der Waals surface area (Å²) in [6.07, 6.45) is -3.21. The van der Waals surface area contributed by atoms with E-state index in [1.54, 1.807) is 13.8 Å². The minimum atomic E-state index is -5.44. The summed E-state index contributed by atoms with van der Waals surface area (Å²) in [7, 11) is 1.13. The summed E-state index contributed by atoms with van der Waals surface area (Å²) in [6.45, 7) is 4.73. The largest absolute Gasteiger partial charge is 0.491 e. The summed E-state index contributed by atoms with van der Waals surface area (Å²) in [5.41, 5.74) is 2.87. The predicted octanol–water partition coefficient (Wildman–Crippen LogP) is 2.93. The van der Waals surface area contributed by atoms with Gasteiger partial charge in [-0.05, 0) is 51.2 Å². The Balaban J connectivity index is 1.42. The monoisotopic (exact) mass is 651 g/mol. The van der Waals surface area contributed by atoms with Gasteiger partial charge in [-0.1, -0.05) is 6.07 Å². The number of carbonyl (C=O) groups is 4. The van der Waals surface area contributed by atoms with Crippen molar-refractivity contribution >= 4 is 41.5 Å². The van der Waals surface area contributed by atoms with Crippen LogP contribution in [0.4, 0.5) is 35.4 Å². The molecule has 14 nitrogen and oxygen atoms in total. The molecule has 1 atom stereocenters. The minimum absolute atomic E-state index is 0.257. The van der Waals surface area contributed by atoms with Crippen molar-refractivity contribution in [3.05, 3.63) is 34.8 Å². The zero-order valence-electron chi connectivity index (χ0n) is 25.7. The molecule has 2 aromatic rings. The fraction of sp³-hybridized carbons (Fsp3) is 0.552. The standard InChI is InChI=1S/C29H36F3N7O7/c1-16-23(34-15-21(26(41)46-27(42)29(30,31)32)38-28(43)45-14-10-22(40)44-3)35-17(2)36-25(16)39-12-8-18(9-13-39)20-7-6-19-5-4-11-33-24(19)37-20/h6-7,18,21H,4-5,8-15H2,1-3H3,(H,33,37)(H,38,43)(H,34,35,36)/t21-/m0/s1. The van der Waals surface area contributed by atoms with E-state index in [1.165, 1.54) is 5.56 Å². The van der Waals surface area contributed by atoms with Gasteiger partial charge in [0.15, 0.2) is 0 Å². The molecule has 3 N–H and O–H groups in total. The Morgan fingerprint density at radius 3 is 2.54 bits per heavy atom. The van der Waals surface area contributed by atoms with Crippen LogP contribution in [0.5, 0.6) is 0 Å². The van der Waals surface area contributed by atoms with Crippen molar-refractivity contribution in [1.82, 2.24) is 20.3 Å². The van der Waals surface area contributed by atoms with Crippen LogP contribution in [0.2, 0.25) is 0 Å². The molecule has 0 aromatic carbocycles. The van der Waals surface area contributed by atoms with Gasteiger partial charge >= 0.3 is 30.2 Å². The Hall–Kier alpha value is -4.70. The minimum Gasteiger partial charge on any atom is -0.469 e. The van der Waals surface area contributed by atoms with Crippen LogP contribution in [0.15, 0.2) is 12.1 Å². The lowest BCUT2D eigenvalue weighted by Crippen LogP contribution is -2.48. The van der Waals surface area contributed by atoms with E-state index in [4.69, 9.17) is 9.72 Å². The maximum Gasteiger partial charge on any atom is 0.491 e. The summed E-state index contributed by atoms with van der Waals surface area (Å²) >= 11 is 0. The number of pyridine rings is 1. The smallest absolute Gasteiger partial charge is 0.469 e. The number of carbonyl (C=O) groups excluding carboxylic acids is 4. The Kier molecular flexibility index (Phi) is 11.2. The molecule has 0 radical (unpaired) electrons. The van der Waals surface area contributed by atoms with E-state index in [2.05, 4.69) is 52.4 Å². The number of ether oxygens (including phenoxy) is 3. The number of fused-ring (bicyclic) bond motifs is 1. The number of hydrogen-bond donors (Lipinski definition) is 3. The van der Waals surface area contributed by atoms with Gasteiger partial charge in [0.25, 0.3) is 0 Å². The van der Waals surface area contributed by atoms with Crippen molar-refractivity contribution in [2.75, 3.05) is 55.4 Å². The van der Waals surface area contributed by atoms with Crippen molar-refractivity contribution in [2.45, 2.75) is 64.1 Å². The van der Waals surface area contributed by atoms with Gasteiger partial charge < -0.3 is 35.1 Å². The van der Waals surface area contributed by atoms with E-state index in [0.717, 1.165) is 50.8 Å². The van der Waals surface area contributed by atoms with Gasteiger partial charge in [-0.2, -0.15) is 13.2 Å². The number of aromatic nitrogens is 3. The van der Waals surface area contributed by atoms with Crippen molar-refractivity contribution < 1.29 is 46.6 Å². The summed E-state index contributed by atoms with van der Waals surface area (Å²) in [5.74, 6) is -2.60. The average Bonchev–Trinajstić information content (AvgIpc) is 3.03. The van der Waals surface area contributed by atoms with Gasteiger partial charge in [0.1, 0.15) is 35.9 Å². The number of rotatable bonds is 10. The maximum absolute atomic E-state index is 12.7. The third kappa shape index (κ3) is 8.94. The molecule has 0 bridgehead atoms. The molecular formula is C29H36F3N7O7. The lowest BCUT2D eigenvalue weighted by atomic mass is 9.92. The van der Waals surface area contributed by atoms with E-state index in [-0.39, 0.29) is 18.2 Å². The van der Waals surface area contributed by atoms with Gasteiger partial charge in [-0.15, -0.1) is 0 Å². The van der Waals surface area contributed by atoms with Gasteiger partial charge in [-0.25, -0.2) is 29.3 Å². The lowest BCUT2D eigenvalue weighted by Gasteiger charge is -2.34. The molecule has 1 amide bonds. The number of nitrogens with one attached hydrogen (secondary N) is 3. The molecule has 2 aromatic heterocycles. The molecule has 0 spiro atoms. The van der Waals surface area contributed by atoms with Crippen LogP contribution in [0, 0.1) is 13.8 Å². The van der Waals surface area contributed by atoms with Crippen LogP contribution < -0.4 is 20.9 Å². The number of aryl methyl sites for hydroxylation is 2. The number of esters is 3. The van der Waals surface area contributed by atoms with Crippen LogP contribution in [0.1, 0.15) is 54.2 Å². The predicted molar refractivity (Wildman–Crippen MR) is 157 cm³/mol. The Labute approximate surface area is 262 Å². The molecular weight excluding hydrogens is 615 g/mol.